The first-order valence-corrected chi connectivity index (χ1v) is 23.5. The molecule has 0 N–H and O–H groups in total. The van der Waals surface area contributed by atoms with Crippen molar-refractivity contribution in [1.82, 2.24) is 0 Å². The summed E-state index contributed by atoms with van der Waals surface area (Å²) in [5.74, 6) is -0.219. The van der Waals surface area contributed by atoms with Gasteiger partial charge in [0, 0.05) is 44.5 Å². The minimum Gasteiger partial charge on any atom is -0.310 e. The topological polar surface area (TPSA) is 40.6 Å². The average Bonchev–Trinajstić information content (AvgIpc) is 3.37. The van der Waals surface area contributed by atoms with E-state index in [1.165, 1.54) is 22.3 Å². The molecule has 2 aliphatic heterocycles. The number of rotatable bonds is 8. The molecule has 9 aromatic carbocycles. The Hall–Kier alpha value is -8.08. The van der Waals surface area contributed by atoms with Crippen LogP contribution in [0.3, 0.4) is 0 Å². The Balaban J connectivity index is 1.07. The Morgan fingerprint density at radius 1 is 0.353 bits per heavy atom. The fourth-order valence-corrected chi connectivity index (χ4v) is 10.6. The first kappa shape index (κ1) is 42.5. The lowest BCUT2D eigenvalue weighted by Crippen LogP contribution is -2.30. The summed E-state index contributed by atoms with van der Waals surface area (Å²) in [6.45, 7) is 13.2. The minimum absolute atomic E-state index is 0.110. The van der Waals surface area contributed by atoms with Gasteiger partial charge in [-0.3, -0.25) is 9.59 Å². The summed E-state index contributed by atoms with van der Waals surface area (Å²) in [5, 5.41) is 0. The predicted molar refractivity (Wildman–Crippen MR) is 280 cm³/mol. The van der Waals surface area contributed by atoms with Crippen LogP contribution in [-0.2, 0) is 10.8 Å². The summed E-state index contributed by atoms with van der Waals surface area (Å²) in [6.07, 6.45) is 0. The molecule has 0 amide bonds. The van der Waals surface area contributed by atoms with Gasteiger partial charge in [0.2, 0.25) is 0 Å². The molecule has 0 radical (unpaired) electrons. The number of para-hydroxylation sites is 4. The van der Waals surface area contributed by atoms with Gasteiger partial charge in [-0.1, -0.05) is 184 Å². The van der Waals surface area contributed by atoms with Crippen molar-refractivity contribution in [1.29, 1.82) is 0 Å². The third kappa shape index (κ3) is 6.98. The molecule has 2 heterocycles. The van der Waals surface area contributed by atoms with E-state index in [-0.39, 0.29) is 22.4 Å². The molecule has 0 bridgehead atoms. The molecule has 0 aromatic heterocycles. The van der Waals surface area contributed by atoms with Crippen molar-refractivity contribution in [3.63, 3.8) is 0 Å². The van der Waals surface area contributed by atoms with E-state index >= 15 is 9.59 Å². The lowest BCUT2D eigenvalue weighted by Gasteiger charge is -2.42. The number of anilines is 6. The first-order valence-electron chi connectivity index (χ1n) is 23.5. The number of hydrogen-bond donors (Lipinski definition) is 0. The largest absolute Gasteiger partial charge is 0.310 e. The number of nitrogens with zero attached hydrogens (tertiary/aromatic N) is 2. The van der Waals surface area contributed by atoms with Crippen molar-refractivity contribution in [2.24, 2.45) is 0 Å². The number of benzene rings is 9. The van der Waals surface area contributed by atoms with Crippen LogP contribution in [0, 0.1) is 13.8 Å². The molecule has 2 aliphatic rings. The molecule has 4 nitrogen and oxygen atoms in total. The highest BCUT2D eigenvalue weighted by atomic mass is 16.1. The molecule has 0 atom stereocenters. The monoisotopic (exact) mass is 880 g/mol. The Morgan fingerprint density at radius 2 is 0.632 bits per heavy atom. The van der Waals surface area contributed by atoms with E-state index in [4.69, 9.17) is 0 Å². The third-order valence-electron chi connectivity index (χ3n) is 14.4. The summed E-state index contributed by atoms with van der Waals surface area (Å²) in [7, 11) is 0. The number of aryl methyl sites for hydroxylation is 2. The third-order valence-corrected chi connectivity index (χ3v) is 14.4. The van der Waals surface area contributed by atoms with E-state index < -0.39 is 0 Å². The van der Waals surface area contributed by atoms with Gasteiger partial charge in [-0.05, 0) is 119 Å². The predicted octanol–water partition coefficient (Wildman–Crippen LogP) is 16.3. The van der Waals surface area contributed by atoms with Gasteiger partial charge in [-0.15, -0.1) is 0 Å². The lowest BCUT2D eigenvalue weighted by molar-refractivity contribution is 0.102. The van der Waals surface area contributed by atoms with Gasteiger partial charge < -0.3 is 9.80 Å². The molecule has 0 fully saturated rings. The highest BCUT2D eigenvalue weighted by Crippen LogP contribution is 2.53. The van der Waals surface area contributed by atoms with Crippen LogP contribution in [0.5, 0.6) is 0 Å². The SMILES string of the molecule is Cc1ccc(C(=O)c2cc(-c3ccc(N4c5ccccc5C(C)(C)c5ccccc54)cc3)c(C(=O)c3ccc(C)cc3)cc2-c2ccc(N3c4ccccc4C(C)(C)c4ccccc43)cc2)cc1. The van der Waals surface area contributed by atoms with Gasteiger partial charge >= 0.3 is 0 Å². The summed E-state index contributed by atoms with van der Waals surface area (Å²) < 4.78 is 0. The molecular weight excluding hydrogens is 829 g/mol. The molecule has 330 valence electrons. The molecule has 0 saturated heterocycles. The van der Waals surface area contributed by atoms with Crippen molar-refractivity contribution in [3.05, 3.63) is 262 Å². The molecule has 0 unspecified atom stereocenters. The zero-order valence-corrected chi connectivity index (χ0v) is 39.3. The van der Waals surface area contributed by atoms with Crippen LogP contribution in [0.25, 0.3) is 22.3 Å². The van der Waals surface area contributed by atoms with Crippen LogP contribution >= 0.6 is 0 Å². The van der Waals surface area contributed by atoms with Crippen LogP contribution in [0.1, 0.15) is 92.9 Å². The van der Waals surface area contributed by atoms with Gasteiger partial charge in [-0.2, -0.15) is 0 Å². The highest BCUT2D eigenvalue weighted by Gasteiger charge is 2.38. The van der Waals surface area contributed by atoms with Gasteiger partial charge in [0.15, 0.2) is 11.6 Å². The number of fused-ring (bicyclic) bond motifs is 4. The van der Waals surface area contributed by atoms with Crippen molar-refractivity contribution >= 4 is 45.7 Å². The average molecular weight is 881 g/mol. The number of hydrogen-bond acceptors (Lipinski definition) is 4. The standard InChI is InChI=1S/C64H52N2O2/c1-41-23-27-45(28-24-41)61(67)51-39-50(44-33-37-48(38-34-44)66-59-21-13-9-17-55(59)64(5,6)56-18-10-14-22-60(56)66)52(62(68)46-29-25-42(2)26-30-46)40-49(51)43-31-35-47(36-32-43)65-57-19-11-7-15-53(57)63(3,4)54-16-8-12-20-58(54)65/h7-40H,1-6H3. The smallest absolute Gasteiger partial charge is 0.193 e. The molecular formula is C64H52N2O2. The van der Waals surface area contributed by atoms with Gasteiger partial charge in [-0.25, -0.2) is 0 Å². The summed E-state index contributed by atoms with van der Waals surface area (Å²) in [4.78, 5) is 34.7. The van der Waals surface area contributed by atoms with Crippen molar-refractivity contribution in [2.75, 3.05) is 9.80 Å². The zero-order chi connectivity index (χ0) is 46.9. The van der Waals surface area contributed by atoms with Crippen molar-refractivity contribution in [3.8, 4) is 22.3 Å². The van der Waals surface area contributed by atoms with E-state index in [1.807, 2.05) is 74.5 Å². The van der Waals surface area contributed by atoms with Crippen LogP contribution in [0.15, 0.2) is 206 Å². The maximum Gasteiger partial charge on any atom is 0.193 e. The first-order chi connectivity index (χ1) is 32.9. The molecule has 68 heavy (non-hydrogen) atoms. The summed E-state index contributed by atoms with van der Waals surface area (Å²) in [6, 6.07) is 70.8. The van der Waals surface area contributed by atoms with Gasteiger partial charge in [0.05, 0.1) is 22.7 Å². The number of carbonyl (C=O) groups is 2. The highest BCUT2D eigenvalue weighted by molar-refractivity contribution is 6.18. The van der Waals surface area contributed by atoms with Crippen LogP contribution in [0.2, 0.25) is 0 Å². The minimum atomic E-state index is -0.182. The maximum absolute atomic E-state index is 15.0. The summed E-state index contributed by atoms with van der Waals surface area (Å²) >= 11 is 0. The van der Waals surface area contributed by atoms with E-state index in [2.05, 4.69) is 183 Å². The van der Waals surface area contributed by atoms with E-state index in [0.717, 1.165) is 56.4 Å². The molecule has 4 heteroatoms. The Bertz CT molecular complexity index is 3100. The second-order valence-corrected chi connectivity index (χ2v) is 19.4. The zero-order valence-electron chi connectivity index (χ0n) is 39.3. The van der Waals surface area contributed by atoms with Crippen molar-refractivity contribution < 1.29 is 9.59 Å². The van der Waals surface area contributed by atoms with Crippen LogP contribution in [-0.4, -0.2) is 11.6 Å². The number of ketones is 2. The quantitative estimate of drug-likeness (QED) is 0.143. The molecule has 0 saturated carbocycles. The Kier molecular flexibility index (Phi) is 10.2. The number of carbonyl (C=O) groups excluding carboxylic acids is 2. The second-order valence-electron chi connectivity index (χ2n) is 19.4. The Morgan fingerprint density at radius 3 is 0.926 bits per heavy atom. The maximum atomic E-state index is 15.0. The van der Waals surface area contributed by atoms with Crippen LogP contribution in [0.4, 0.5) is 34.1 Å². The molecule has 11 rings (SSSR count). The lowest BCUT2D eigenvalue weighted by atomic mass is 9.73. The molecule has 0 spiro atoms. The fraction of sp³-hybridized carbons (Fsp3) is 0.125. The normalized spacial score (nSPS) is 14.0. The molecule has 9 aromatic rings. The Labute approximate surface area is 399 Å². The van der Waals surface area contributed by atoms with E-state index in [1.54, 1.807) is 0 Å². The van der Waals surface area contributed by atoms with Crippen molar-refractivity contribution in [2.45, 2.75) is 52.4 Å². The van der Waals surface area contributed by atoms with Crippen LogP contribution < -0.4 is 9.80 Å². The van der Waals surface area contributed by atoms with Gasteiger partial charge in [0.1, 0.15) is 0 Å². The molecule has 0 aliphatic carbocycles. The second kappa shape index (κ2) is 16.4. The van der Waals surface area contributed by atoms with E-state index in [0.29, 0.717) is 33.4 Å². The van der Waals surface area contributed by atoms with E-state index in [9.17, 15) is 0 Å². The summed E-state index contributed by atoms with van der Waals surface area (Å²) in [5.41, 5.74) is 18.7. The van der Waals surface area contributed by atoms with Gasteiger partial charge in [0.25, 0.3) is 0 Å². The fourth-order valence-electron chi connectivity index (χ4n) is 10.6.